The van der Waals surface area contributed by atoms with E-state index < -0.39 is 17.7 Å². The van der Waals surface area contributed by atoms with Gasteiger partial charge in [0.05, 0.1) is 11.3 Å². The lowest BCUT2D eigenvalue weighted by atomic mass is 9.93. The van der Waals surface area contributed by atoms with Crippen LogP contribution in [0.5, 0.6) is 0 Å². The van der Waals surface area contributed by atoms with E-state index in [2.05, 4.69) is 4.98 Å². The molecule has 1 amide bonds. The quantitative estimate of drug-likeness (QED) is 0.894. The van der Waals surface area contributed by atoms with Gasteiger partial charge < -0.3 is 10.0 Å². The number of pyridine rings is 1. The van der Waals surface area contributed by atoms with Crippen molar-refractivity contribution in [3.8, 4) is 0 Å². The number of aromatic nitrogens is 1. The minimum atomic E-state index is -0.774. The molecule has 0 spiro atoms. The molecule has 5 nitrogen and oxygen atoms in total. The van der Waals surface area contributed by atoms with Crippen LogP contribution in [0.25, 0.3) is 0 Å². The predicted molar refractivity (Wildman–Crippen MR) is 93.4 cm³/mol. The SMILES string of the molecule is CC(C)C(=O)C1=C(O)C(=O)N(Cc2ccc(F)cc2)C1c1ccccn1. The summed E-state index contributed by atoms with van der Waals surface area (Å²) in [6.45, 7) is 3.55. The number of carbonyl (C=O) groups excluding carboxylic acids is 2. The van der Waals surface area contributed by atoms with E-state index in [4.69, 9.17) is 0 Å². The normalized spacial score (nSPS) is 17.3. The highest BCUT2D eigenvalue weighted by Gasteiger charge is 2.44. The van der Waals surface area contributed by atoms with Crippen molar-refractivity contribution < 1.29 is 19.1 Å². The Labute approximate surface area is 150 Å². The van der Waals surface area contributed by atoms with Crippen LogP contribution in [0.15, 0.2) is 60.0 Å². The molecule has 1 aliphatic rings. The fraction of sp³-hybridized carbons (Fsp3) is 0.250. The van der Waals surface area contributed by atoms with Crippen molar-refractivity contribution in [1.82, 2.24) is 9.88 Å². The van der Waals surface area contributed by atoms with E-state index in [0.717, 1.165) is 0 Å². The molecule has 1 aliphatic heterocycles. The van der Waals surface area contributed by atoms with Gasteiger partial charge in [0.25, 0.3) is 5.91 Å². The van der Waals surface area contributed by atoms with Crippen LogP contribution in [0, 0.1) is 11.7 Å². The molecule has 2 heterocycles. The van der Waals surface area contributed by atoms with E-state index in [1.807, 2.05) is 0 Å². The number of hydrogen-bond acceptors (Lipinski definition) is 4. The number of aliphatic hydroxyl groups is 1. The highest BCUT2D eigenvalue weighted by atomic mass is 19.1. The first-order chi connectivity index (χ1) is 12.4. The van der Waals surface area contributed by atoms with Crippen molar-refractivity contribution in [2.24, 2.45) is 5.92 Å². The third-order valence-corrected chi connectivity index (χ3v) is 4.33. The number of halogens is 1. The van der Waals surface area contributed by atoms with Crippen LogP contribution in [-0.4, -0.2) is 26.7 Å². The number of nitrogens with zero attached hydrogens (tertiary/aromatic N) is 2. The summed E-state index contributed by atoms with van der Waals surface area (Å²) in [5.74, 6) is -2.22. The van der Waals surface area contributed by atoms with E-state index in [9.17, 15) is 19.1 Å². The molecule has 134 valence electrons. The van der Waals surface area contributed by atoms with Gasteiger partial charge in [-0.25, -0.2) is 4.39 Å². The summed E-state index contributed by atoms with van der Waals surface area (Å²) < 4.78 is 13.2. The summed E-state index contributed by atoms with van der Waals surface area (Å²) in [4.78, 5) is 31.0. The first-order valence-corrected chi connectivity index (χ1v) is 8.33. The fourth-order valence-electron chi connectivity index (χ4n) is 3.01. The number of aliphatic hydroxyl groups excluding tert-OH is 1. The molecule has 1 N–H and O–H groups in total. The van der Waals surface area contributed by atoms with Gasteiger partial charge in [-0.2, -0.15) is 0 Å². The topological polar surface area (TPSA) is 70.5 Å². The maximum Gasteiger partial charge on any atom is 0.290 e. The molecule has 1 aromatic heterocycles. The molecule has 1 unspecified atom stereocenters. The van der Waals surface area contributed by atoms with Crippen molar-refractivity contribution >= 4 is 11.7 Å². The van der Waals surface area contributed by atoms with E-state index in [1.54, 1.807) is 50.4 Å². The second kappa shape index (κ2) is 7.07. The van der Waals surface area contributed by atoms with Gasteiger partial charge in [-0.15, -0.1) is 0 Å². The molecule has 0 aliphatic carbocycles. The first-order valence-electron chi connectivity index (χ1n) is 8.33. The molecule has 3 rings (SSSR count). The van der Waals surface area contributed by atoms with Gasteiger partial charge in [0.15, 0.2) is 11.5 Å². The Morgan fingerprint density at radius 2 is 1.92 bits per heavy atom. The summed E-state index contributed by atoms with van der Waals surface area (Å²) in [5, 5.41) is 10.4. The van der Waals surface area contributed by atoms with Crippen molar-refractivity contribution in [2.75, 3.05) is 0 Å². The van der Waals surface area contributed by atoms with Crippen LogP contribution < -0.4 is 0 Å². The molecular formula is C20H19FN2O3. The van der Waals surface area contributed by atoms with E-state index >= 15 is 0 Å². The van der Waals surface area contributed by atoms with Crippen molar-refractivity contribution in [3.63, 3.8) is 0 Å². The number of amides is 1. The van der Waals surface area contributed by atoms with Crippen LogP contribution in [0.1, 0.15) is 31.1 Å². The van der Waals surface area contributed by atoms with Gasteiger partial charge in [-0.05, 0) is 29.8 Å². The number of benzene rings is 1. The molecule has 1 aromatic carbocycles. The van der Waals surface area contributed by atoms with Crippen LogP contribution >= 0.6 is 0 Å². The molecular weight excluding hydrogens is 335 g/mol. The third-order valence-electron chi connectivity index (χ3n) is 4.33. The molecule has 1 atom stereocenters. The van der Waals surface area contributed by atoms with Crippen molar-refractivity contribution in [3.05, 3.63) is 77.1 Å². The van der Waals surface area contributed by atoms with E-state index in [-0.39, 0.29) is 29.6 Å². The van der Waals surface area contributed by atoms with Gasteiger partial charge in [0.2, 0.25) is 0 Å². The lowest BCUT2D eigenvalue weighted by molar-refractivity contribution is -0.130. The summed E-state index contributed by atoms with van der Waals surface area (Å²) in [5.41, 5.74) is 1.24. The molecule has 0 radical (unpaired) electrons. The Morgan fingerprint density at radius 3 is 2.50 bits per heavy atom. The standard InChI is InChI=1S/C20H19FN2O3/c1-12(2)18(24)16-17(15-5-3-4-10-22-15)23(20(26)19(16)25)11-13-6-8-14(21)9-7-13/h3-10,12,17,25H,11H2,1-2H3. The monoisotopic (exact) mass is 354 g/mol. The predicted octanol–water partition coefficient (Wildman–Crippen LogP) is 3.34. The molecule has 0 fully saturated rings. The van der Waals surface area contributed by atoms with Gasteiger partial charge in [0.1, 0.15) is 11.9 Å². The summed E-state index contributed by atoms with van der Waals surface area (Å²) >= 11 is 0. The van der Waals surface area contributed by atoms with E-state index in [1.165, 1.54) is 17.0 Å². The summed E-state index contributed by atoms with van der Waals surface area (Å²) in [7, 11) is 0. The molecule has 0 saturated carbocycles. The third kappa shape index (κ3) is 3.22. The van der Waals surface area contributed by atoms with Crippen LogP contribution in [0.3, 0.4) is 0 Å². The van der Waals surface area contributed by atoms with Gasteiger partial charge in [-0.1, -0.05) is 32.0 Å². The highest BCUT2D eigenvalue weighted by Crippen LogP contribution is 2.38. The molecule has 0 bridgehead atoms. The average Bonchev–Trinajstić information content (AvgIpc) is 2.88. The average molecular weight is 354 g/mol. The zero-order valence-corrected chi connectivity index (χ0v) is 14.5. The maximum absolute atomic E-state index is 13.2. The van der Waals surface area contributed by atoms with Gasteiger partial charge in [-0.3, -0.25) is 14.6 Å². The second-order valence-electron chi connectivity index (χ2n) is 6.50. The molecule has 26 heavy (non-hydrogen) atoms. The Hall–Kier alpha value is -3.02. The fourth-order valence-corrected chi connectivity index (χ4v) is 3.01. The summed E-state index contributed by atoms with van der Waals surface area (Å²) in [6.07, 6.45) is 1.57. The Bertz CT molecular complexity index is 860. The van der Waals surface area contributed by atoms with Gasteiger partial charge in [0, 0.05) is 18.7 Å². The molecule has 6 heteroatoms. The number of Topliss-reactive ketones (excluding diaryl/α,β-unsaturated/α-hetero) is 1. The van der Waals surface area contributed by atoms with Gasteiger partial charge >= 0.3 is 0 Å². The van der Waals surface area contributed by atoms with E-state index in [0.29, 0.717) is 11.3 Å². The lowest BCUT2D eigenvalue weighted by Gasteiger charge is -2.26. The lowest BCUT2D eigenvalue weighted by Crippen LogP contribution is -2.31. The van der Waals surface area contributed by atoms with Crippen molar-refractivity contribution in [2.45, 2.75) is 26.4 Å². The molecule has 2 aromatic rings. The maximum atomic E-state index is 13.2. The van der Waals surface area contributed by atoms with Crippen LogP contribution in [0.4, 0.5) is 4.39 Å². The second-order valence-corrected chi connectivity index (χ2v) is 6.50. The smallest absolute Gasteiger partial charge is 0.290 e. The largest absolute Gasteiger partial charge is 0.503 e. The highest BCUT2D eigenvalue weighted by molar-refractivity contribution is 6.09. The Kier molecular flexibility index (Phi) is 4.84. The van der Waals surface area contributed by atoms with Crippen LogP contribution in [0.2, 0.25) is 0 Å². The number of carbonyl (C=O) groups is 2. The number of rotatable bonds is 5. The Balaban J connectivity index is 2.04. The minimum Gasteiger partial charge on any atom is -0.503 e. The molecule has 0 saturated heterocycles. The first kappa shape index (κ1) is 17.8. The number of hydrogen-bond donors (Lipinski definition) is 1. The Morgan fingerprint density at radius 1 is 1.23 bits per heavy atom. The zero-order valence-electron chi connectivity index (χ0n) is 14.5. The zero-order chi connectivity index (χ0) is 18.8. The van der Waals surface area contributed by atoms with Crippen molar-refractivity contribution in [1.29, 1.82) is 0 Å². The summed E-state index contributed by atoms with van der Waals surface area (Å²) in [6, 6.07) is 10.2. The van der Waals surface area contributed by atoms with Crippen LogP contribution in [-0.2, 0) is 16.1 Å². The minimum absolute atomic E-state index is 0.0609. The number of ketones is 1.